The molecule has 1 aromatic carbocycles. The minimum absolute atomic E-state index is 0.126. The Morgan fingerprint density at radius 3 is 2.78 bits per heavy atom. The number of ketones is 1. The van der Waals surface area contributed by atoms with Gasteiger partial charge in [-0.25, -0.2) is 0 Å². The number of rotatable bonds is 3. The predicted octanol–water partition coefficient (Wildman–Crippen LogP) is 3.40. The summed E-state index contributed by atoms with van der Waals surface area (Å²) in [5.74, 6) is -0.183. The van der Waals surface area contributed by atoms with Gasteiger partial charge in [-0.05, 0) is 35.9 Å². The molecule has 2 aromatic rings. The SMILES string of the molecule is Nc1cccnc1C(=O)Cc1cc(Cl)ccc1Cl. The Balaban J connectivity index is 2.27. The van der Waals surface area contributed by atoms with E-state index in [2.05, 4.69) is 4.98 Å². The number of nitrogens with zero attached hydrogens (tertiary/aromatic N) is 1. The lowest BCUT2D eigenvalue weighted by atomic mass is 10.1. The Morgan fingerprint density at radius 2 is 2.06 bits per heavy atom. The van der Waals surface area contributed by atoms with Gasteiger partial charge in [-0.1, -0.05) is 23.2 Å². The molecule has 3 nitrogen and oxygen atoms in total. The van der Waals surface area contributed by atoms with Crippen molar-refractivity contribution in [3.8, 4) is 0 Å². The second kappa shape index (κ2) is 5.38. The van der Waals surface area contributed by atoms with E-state index in [1.165, 1.54) is 6.20 Å². The first-order valence-electron chi connectivity index (χ1n) is 5.25. The summed E-state index contributed by atoms with van der Waals surface area (Å²) in [5.41, 5.74) is 6.99. The summed E-state index contributed by atoms with van der Waals surface area (Å²) in [7, 11) is 0. The molecule has 2 rings (SSSR count). The van der Waals surface area contributed by atoms with Gasteiger partial charge in [0.05, 0.1) is 5.69 Å². The molecule has 18 heavy (non-hydrogen) atoms. The molecule has 0 aliphatic heterocycles. The first-order chi connectivity index (χ1) is 8.58. The summed E-state index contributed by atoms with van der Waals surface area (Å²) in [6, 6.07) is 8.32. The number of Topliss-reactive ketones (excluding diaryl/α,β-unsaturated/α-hetero) is 1. The van der Waals surface area contributed by atoms with E-state index in [-0.39, 0.29) is 17.9 Å². The number of pyridine rings is 1. The van der Waals surface area contributed by atoms with Crippen LogP contribution in [0.4, 0.5) is 5.69 Å². The third kappa shape index (κ3) is 2.81. The van der Waals surface area contributed by atoms with E-state index in [1.807, 2.05) is 0 Å². The fraction of sp³-hybridized carbons (Fsp3) is 0.0769. The number of carbonyl (C=O) groups excluding carboxylic acids is 1. The van der Waals surface area contributed by atoms with Gasteiger partial charge in [0.25, 0.3) is 0 Å². The lowest BCUT2D eigenvalue weighted by Crippen LogP contribution is -2.09. The number of carbonyl (C=O) groups is 1. The van der Waals surface area contributed by atoms with E-state index in [4.69, 9.17) is 28.9 Å². The van der Waals surface area contributed by atoms with Crippen LogP contribution in [0.1, 0.15) is 16.1 Å². The quantitative estimate of drug-likeness (QED) is 0.877. The summed E-state index contributed by atoms with van der Waals surface area (Å²) in [6.07, 6.45) is 1.66. The average molecular weight is 281 g/mol. The minimum Gasteiger partial charge on any atom is -0.397 e. The van der Waals surface area contributed by atoms with Crippen LogP contribution >= 0.6 is 23.2 Å². The van der Waals surface area contributed by atoms with Crippen molar-refractivity contribution in [2.45, 2.75) is 6.42 Å². The Labute approximate surface area is 115 Å². The second-order valence-electron chi connectivity index (χ2n) is 3.78. The van der Waals surface area contributed by atoms with Crippen LogP contribution in [-0.2, 0) is 6.42 Å². The maximum absolute atomic E-state index is 12.1. The third-order valence-corrected chi connectivity index (χ3v) is 3.07. The highest BCUT2D eigenvalue weighted by Gasteiger charge is 2.13. The van der Waals surface area contributed by atoms with Crippen LogP contribution in [-0.4, -0.2) is 10.8 Å². The first kappa shape index (κ1) is 12.9. The molecule has 0 saturated heterocycles. The summed E-state index contributed by atoms with van der Waals surface area (Å²) in [6.45, 7) is 0. The van der Waals surface area contributed by atoms with Gasteiger partial charge >= 0.3 is 0 Å². The molecule has 5 heteroatoms. The zero-order chi connectivity index (χ0) is 13.1. The molecule has 1 aromatic heterocycles. The van der Waals surface area contributed by atoms with Gasteiger partial charge < -0.3 is 5.73 Å². The number of benzene rings is 1. The van der Waals surface area contributed by atoms with Crippen molar-refractivity contribution in [2.24, 2.45) is 0 Å². The highest BCUT2D eigenvalue weighted by molar-refractivity contribution is 6.33. The monoisotopic (exact) mass is 280 g/mol. The molecule has 0 unspecified atom stereocenters. The molecule has 1 heterocycles. The molecule has 0 saturated carbocycles. The van der Waals surface area contributed by atoms with Gasteiger partial charge in [-0.2, -0.15) is 0 Å². The van der Waals surface area contributed by atoms with Gasteiger partial charge in [0.2, 0.25) is 0 Å². The minimum atomic E-state index is -0.183. The Kier molecular flexibility index (Phi) is 3.84. The molecule has 0 atom stereocenters. The molecule has 0 spiro atoms. The molecular formula is C13H10Cl2N2O. The standard InChI is InChI=1S/C13H10Cl2N2O/c14-9-3-4-10(15)8(6-9)7-12(18)13-11(16)2-1-5-17-13/h1-6H,7,16H2. The number of hydrogen-bond donors (Lipinski definition) is 1. The first-order valence-corrected chi connectivity index (χ1v) is 6.01. The highest BCUT2D eigenvalue weighted by Crippen LogP contribution is 2.22. The van der Waals surface area contributed by atoms with Crippen molar-refractivity contribution in [1.29, 1.82) is 0 Å². The smallest absolute Gasteiger partial charge is 0.187 e. The van der Waals surface area contributed by atoms with Crippen molar-refractivity contribution in [3.05, 3.63) is 57.8 Å². The van der Waals surface area contributed by atoms with Crippen LogP contribution in [0, 0.1) is 0 Å². The predicted molar refractivity (Wildman–Crippen MR) is 73.1 cm³/mol. The fourth-order valence-corrected chi connectivity index (χ4v) is 1.97. The van der Waals surface area contributed by atoms with E-state index in [1.54, 1.807) is 30.3 Å². The van der Waals surface area contributed by atoms with Gasteiger partial charge in [-0.3, -0.25) is 9.78 Å². The molecule has 92 valence electrons. The summed E-state index contributed by atoms with van der Waals surface area (Å²) in [4.78, 5) is 16.0. The second-order valence-corrected chi connectivity index (χ2v) is 4.62. The van der Waals surface area contributed by atoms with Crippen molar-refractivity contribution >= 4 is 34.7 Å². The topological polar surface area (TPSA) is 56.0 Å². The molecule has 2 N–H and O–H groups in total. The molecule has 0 aliphatic rings. The van der Waals surface area contributed by atoms with Crippen molar-refractivity contribution in [1.82, 2.24) is 4.98 Å². The molecule has 0 bridgehead atoms. The largest absolute Gasteiger partial charge is 0.397 e. The molecule has 0 radical (unpaired) electrons. The summed E-state index contributed by atoms with van der Waals surface area (Å²) >= 11 is 11.9. The zero-order valence-corrected chi connectivity index (χ0v) is 10.9. The van der Waals surface area contributed by atoms with Crippen LogP contribution < -0.4 is 5.73 Å². The van der Waals surface area contributed by atoms with E-state index in [0.29, 0.717) is 21.3 Å². The van der Waals surface area contributed by atoms with Gasteiger partial charge in [-0.15, -0.1) is 0 Å². The van der Waals surface area contributed by atoms with Gasteiger partial charge in [0.15, 0.2) is 5.78 Å². The fourth-order valence-electron chi connectivity index (χ4n) is 1.59. The number of nitrogens with two attached hydrogens (primary N) is 1. The van der Waals surface area contributed by atoms with Crippen LogP contribution in [0.5, 0.6) is 0 Å². The molecule has 0 amide bonds. The maximum Gasteiger partial charge on any atom is 0.187 e. The Hall–Kier alpha value is -1.58. The number of aromatic nitrogens is 1. The molecular weight excluding hydrogens is 271 g/mol. The summed E-state index contributed by atoms with van der Waals surface area (Å²) in [5, 5.41) is 1.04. The van der Waals surface area contributed by atoms with Crippen LogP contribution in [0.3, 0.4) is 0 Å². The van der Waals surface area contributed by atoms with E-state index in [0.717, 1.165) is 0 Å². The maximum atomic E-state index is 12.1. The van der Waals surface area contributed by atoms with Crippen molar-refractivity contribution < 1.29 is 4.79 Å². The van der Waals surface area contributed by atoms with Crippen LogP contribution in [0.25, 0.3) is 0 Å². The van der Waals surface area contributed by atoms with Crippen LogP contribution in [0.2, 0.25) is 10.0 Å². The van der Waals surface area contributed by atoms with E-state index < -0.39 is 0 Å². The lowest BCUT2D eigenvalue weighted by Gasteiger charge is -2.05. The van der Waals surface area contributed by atoms with Crippen molar-refractivity contribution in [2.75, 3.05) is 5.73 Å². The van der Waals surface area contributed by atoms with E-state index >= 15 is 0 Å². The average Bonchev–Trinajstić information content (AvgIpc) is 2.34. The Bertz CT molecular complexity index is 599. The highest BCUT2D eigenvalue weighted by atomic mass is 35.5. The number of anilines is 1. The number of hydrogen-bond acceptors (Lipinski definition) is 3. The van der Waals surface area contributed by atoms with Crippen LogP contribution in [0.15, 0.2) is 36.5 Å². The van der Waals surface area contributed by atoms with Gasteiger partial charge in [0.1, 0.15) is 5.69 Å². The van der Waals surface area contributed by atoms with E-state index in [9.17, 15) is 4.79 Å². The van der Waals surface area contributed by atoms with Gasteiger partial charge in [0, 0.05) is 22.7 Å². The normalized spacial score (nSPS) is 10.3. The van der Waals surface area contributed by atoms with Crippen molar-refractivity contribution in [3.63, 3.8) is 0 Å². The third-order valence-electron chi connectivity index (χ3n) is 2.46. The molecule has 0 fully saturated rings. The Morgan fingerprint density at radius 1 is 1.28 bits per heavy atom. The lowest BCUT2D eigenvalue weighted by molar-refractivity contribution is 0.0989. The number of halogens is 2. The molecule has 0 aliphatic carbocycles. The summed E-state index contributed by atoms with van der Waals surface area (Å²) < 4.78 is 0. The number of nitrogen functional groups attached to an aromatic ring is 1. The zero-order valence-electron chi connectivity index (χ0n) is 9.36.